The number of aryl methyl sites for hydroxylation is 1. The molecule has 0 aliphatic rings. The molecule has 0 radical (unpaired) electrons. The van der Waals surface area contributed by atoms with E-state index in [1.165, 1.54) is 18.0 Å². The smallest absolute Gasteiger partial charge is 0.347 e. The van der Waals surface area contributed by atoms with Crippen molar-refractivity contribution in [3.63, 3.8) is 0 Å². The second kappa shape index (κ2) is 4.22. The zero-order valence-corrected chi connectivity index (χ0v) is 10.2. The number of rotatable bonds is 3. The van der Waals surface area contributed by atoms with Gasteiger partial charge in [0, 0.05) is 7.05 Å². The summed E-state index contributed by atoms with van der Waals surface area (Å²) >= 11 is 2.43. The normalized spacial score (nSPS) is 10.6. The molecule has 6 nitrogen and oxygen atoms in total. The molecule has 0 fully saturated rings. The largest absolute Gasteiger partial charge is 0.477 e. The lowest BCUT2D eigenvalue weighted by atomic mass is 10.6. The summed E-state index contributed by atoms with van der Waals surface area (Å²) in [5, 5.41) is 17.3. The van der Waals surface area contributed by atoms with Crippen LogP contribution in [0, 0.1) is 6.92 Å². The highest BCUT2D eigenvalue weighted by Crippen LogP contribution is 2.29. The minimum absolute atomic E-state index is 0.224. The summed E-state index contributed by atoms with van der Waals surface area (Å²) < 4.78 is 2.47. The standard InChI is InChI=1S/C8H8N4O2S2/c1-4-10-11-7(12(4)2)16-8-9-3-5(15-8)6(13)14/h3H,1-2H3,(H,13,14). The molecule has 0 aliphatic carbocycles. The number of hydrogen-bond donors (Lipinski definition) is 1. The zero-order chi connectivity index (χ0) is 11.7. The second-order valence-corrected chi connectivity index (χ2v) is 5.23. The fourth-order valence-electron chi connectivity index (χ4n) is 0.959. The van der Waals surface area contributed by atoms with E-state index in [4.69, 9.17) is 5.11 Å². The molecule has 0 atom stereocenters. The van der Waals surface area contributed by atoms with Gasteiger partial charge in [0.05, 0.1) is 6.20 Å². The highest BCUT2D eigenvalue weighted by molar-refractivity contribution is 8.00. The lowest BCUT2D eigenvalue weighted by Crippen LogP contribution is -1.92. The van der Waals surface area contributed by atoms with E-state index >= 15 is 0 Å². The van der Waals surface area contributed by atoms with Crippen molar-refractivity contribution in [1.29, 1.82) is 0 Å². The van der Waals surface area contributed by atoms with Crippen LogP contribution in [0.25, 0.3) is 0 Å². The molecule has 8 heteroatoms. The van der Waals surface area contributed by atoms with Crippen LogP contribution in [0.15, 0.2) is 15.7 Å². The van der Waals surface area contributed by atoms with E-state index in [1.54, 1.807) is 0 Å². The Morgan fingerprint density at radius 2 is 2.31 bits per heavy atom. The van der Waals surface area contributed by atoms with Gasteiger partial charge >= 0.3 is 5.97 Å². The van der Waals surface area contributed by atoms with Gasteiger partial charge in [-0.1, -0.05) is 0 Å². The summed E-state index contributed by atoms with van der Waals surface area (Å²) in [4.78, 5) is 14.9. The molecule has 0 amide bonds. The Morgan fingerprint density at radius 1 is 1.56 bits per heavy atom. The van der Waals surface area contributed by atoms with Crippen LogP contribution in [0.1, 0.15) is 15.5 Å². The number of carboxylic acids is 1. The predicted octanol–water partition coefficient (Wildman–Crippen LogP) is 1.43. The summed E-state index contributed by atoms with van der Waals surface area (Å²) in [6.07, 6.45) is 1.35. The average Bonchev–Trinajstić information content (AvgIpc) is 2.81. The summed E-state index contributed by atoms with van der Waals surface area (Å²) in [5.41, 5.74) is 0. The number of carboxylic acid groups (broad SMARTS) is 1. The number of aromatic carboxylic acids is 1. The van der Waals surface area contributed by atoms with Crippen LogP contribution in [0.2, 0.25) is 0 Å². The number of aromatic nitrogens is 4. The predicted molar refractivity (Wildman–Crippen MR) is 58.9 cm³/mol. The summed E-state index contributed by atoms with van der Waals surface area (Å²) in [5.74, 6) is -0.156. The molecule has 84 valence electrons. The van der Waals surface area contributed by atoms with Crippen LogP contribution in [-0.4, -0.2) is 30.8 Å². The van der Waals surface area contributed by atoms with Gasteiger partial charge in [-0.05, 0) is 18.7 Å². The SMILES string of the molecule is Cc1nnc(Sc2ncc(C(=O)O)s2)n1C. The second-order valence-electron chi connectivity index (χ2n) is 2.99. The molecule has 0 saturated heterocycles. The van der Waals surface area contributed by atoms with E-state index in [0.29, 0.717) is 9.50 Å². The van der Waals surface area contributed by atoms with Gasteiger partial charge in [-0.25, -0.2) is 9.78 Å². The van der Waals surface area contributed by atoms with Gasteiger partial charge in [0.15, 0.2) is 9.50 Å². The Morgan fingerprint density at radius 3 is 2.81 bits per heavy atom. The molecule has 2 rings (SSSR count). The molecule has 0 saturated carbocycles. The first-order valence-corrected chi connectivity index (χ1v) is 5.94. The fraction of sp³-hybridized carbons (Fsp3) is 0.250. The lowest BCUT2D eigenvalue weighted by Gasteiger charge is -1.96. The molecular formula is C8H8N4O2S2. The monoisotopic (exact) mass is 256 g/mol. The highest BCUT2D eigenvalue weighted by atomic mass is 32.2. The van der Waals surface area contributed by atoms with Gasteiger partial charge in [-0.3, -0.25) is 0 Å². The Labute approximate surface area is 99.3 Å². The first-order chi connectivity index (χ1) is 7.58. The van der Waals surface area contributed by atoms with Crippen molar-refractivity contribution in [3.05, 3.63) is 16.9 Å². The number of carbonyl (C=O) groups is 1. The Hall–Kier alpha value is -1.41. The molecule has 2 aromatic heterocycles. The van der Waals surface area contributed by atoms with Crippen molar-refractivity contribution >= 4 is 29.1 Å². The van der Waals surface area contributed by atoms with Crippen LogP contribution in [0.4, 0.5) is 0 Å². The zero-order valence-electron chi connectivity index (χ0n) is 8.54. The molecule has 0 aliphatic heterocycles. The minimum atomic E-state index is -0.960. The quantitative estimate of drug-likeness (QED) is 0.894. The van der Waals surface area contributed by atoms with E-state index in [2.05, 4.69) is 15.2 Å². The van der Waals surface area contributed by atoms with E-state index in [9.17, 15) is 4.79 Å². The molecule has 2 heterocycles. The average molecular weight is 256 g/mol. The van der Waals surface area contributed by atoms with Crippen LogP contribution in [-0.2, 0) is 7.05 Å². The van der Waals surface area contributed by atoms with Crippen molar-refractivity contribution in [3.8, 4) is 0 Å². The van der Waals surface area contributed by atoms with Gasteiger partial charge in [0.25, 0.3) is 0 Å². The summed E-state index contributed by atoms with van der Waals surface area (Å²) in [6.45, 7) is 1.85. The van der Waals surface area contributed by atoms with Crippen LogP contribution in [0.3, 0.4) is 0 Å². The van der Waals surface area contributed by atoms with Gasteiger partial charge < -0.3 is 9.67 Å². The molecular weight excluding hydrogens is 248 g/mol. The van der Waals surface area contributed by atoms with E-state index in [1.807, 2.05) is 18.5 Å². The Balaban J connectivity index is 2.21. The maximum Gasteiger partial charge on any atom is 0.347 e. The van der Waals surface area contributed by atoms with E-state index in [-0.39, 0.29) is 4.88 Å². The van der Waals surface area contributed by atoms with E-state index < -0.39 is 5.97 Å². The molecule has 0 spiro atoms. The maximum absolute atomic E-state index is 10.7. The van der Waals surface area contributed by atoms with Crippen LogP contribution < -0.4 is 0 Å². The Kier molecular flexibility index (Phi) is 2.92. The Bertz CT molecular complexity index is 534. The number of thiazole rings is 1. The fourth-order valence-corrected chi connectivity index (χ4v) is 2.72. The van der Waals surface area contributed by atoms with Crippen LogP contribution >= 0.6 is 23.1 Å². The van der Waals surface area contributed by atoms with Gasteiger partial charge in [-0.2, -0.15) is 0 Å². The third-order valence-electron chi connectivity index (χ3n) is 1.93. The molecule has 2 aromatic rings. The molecule has 16 heavy (non-hydrogen) atoms. The van der Waals surface area contributed by atoms with Crippen LogP contribution in [0.5, 0.6) is 0 Å². The maximum atomic E-state index is 10.7. The molecule has 0 unspecified atom stereocenters. The van der Waals surface area contributed by atoms with E-state index in [0.717, 1.165) is 17.2 Å². The van der Waals surface area contributed by atoms with Gasteiger partial charge in [-0.15, -0.1) is 21.5 Å². The lowest BCUT2D eigenvalue weighted by molar-refractivity contribution is 0.0702. The highest BCUT2D eigenvalue weighted by Gasteiger charge is 2.12. The summed E-state index contributed by atoms with van der Waals surface area (Å²) in [7, 11) is 1.85. The van der Waals surface area contributed by atoms with Gasteiger partial charge in [0.2, 0.25) is 0 Å². The number of nitrogens with zero attached hydrogens (tertiary/aromatic N) is 4. The third-order valence-corrected chi connectivity index (χ3v) is 4.02. The number of hydrogen-bond acceptors (Lipinski definition) is 6. The van der Waals surface area contributed by atoms with Crippen molar-refractivity contribution in [1.82, 2.24) is 19.7 Å². The molecule has 1 N–H and O–H groups in total. The third kappa shape index (κ3) is 2.07. The molecule has 0 bridgehead atoms. The van der Waals surface area contributed by atoms with Gasteiger partial charge in [0.1, 0.15) is 10.7 Å². The first-order valence-electron chi connectivity index (χ1n) is 4.31. The first kappa shape index (κ1) is 11.1. The van der Waals surface area contributed by atoms with Crippen molar-refractivity contribution < 1.29 is 9.90 Å². The summed E-state index contributed by atoms with van der Waals surface area (Å²) in [6, 6.07) is 0. The van der Waals surface area contributed by atoms with Crippen molar-refractivity contribution in [2.24, 2.45) is 7.05 Å². The van der Waals surface area contributed by atoms with Crippen molar-refractivity contribution in [2.75, 3.05) is 0 Å². The minimum Gasteiger partial charge on any atom is -0.477 e. The molecule has 0 aromatic carbocycles. The topological polar surface area (TPSA) is 80.9 Å². The van der Waals surface area contributed by atoms with Crippen molar-refractivity contribution in [2.45, 2.75) is 16.4 Å².